The number of hydrogen-bond acceptors (Lipinski definition) is 5. The highest BCUT2D eigenvalue weighted by atomic mass is 32.2. The fourth-order valence-electron chi connectivity index (χ4n) is 7.30. The maximum absolute atomic E-state index is 14.1. The molecule has 45 heavy (non-hydrogen) atoms. The Bertz CT molecular complexity index is 1340. The quantitative estimate of drug-likeness (QED) is 0.139. The molecule has 2 atom stereocenters. The number of rotatable bonds is 17. The molecule has 1 heterocycles. The van der Waals surface area contributed by atoms with E-state index in [2.05, 4.69) is 39.9 Å². The number of aliphatic hydroxyl groups is 1. The van der Waals surface area contributed by atoms with Crippen LogP contribution in [0.3, 0.4) is 0 Å². The summed E-state index contributed by atoms with van der Waals surface area (Å²) < 4.78 is 29.3. The Hall–Kier alpha value is -2.42. The number of nitrogens with one attached hydrogen (secondary N) is 1. The van der Waals surface area contributed by atoms with Crippen molar-refractivity contribution in [2.75, 3.05) is 56.2 Å². The van der Waals surface area contributed by atoms with E-state index in [1.54, 1.807) is 6.07 Å². The van der Waals surface area contributed by atoms with E-state index in [4.69, 9.17) is 0 Å². The van der Waals surface area contributed by atoms with Crippen LogP contribution in [0.2, 0.25) is 0 Å². The van der Waals surface area contributed by atoms with Gasteiger partial charge in [-0.25, -0.2) is 8.42 Å². The van der Waals surface area contributed by atoms with Gasteiger partial charge in [0.1, 0.15) is 0 Å². The summed E-state index contributed by atoms with van der Waals surface area (Å²) in [7, 11) is 0.204. The summed E-state index contributed by atoms with van der Waals surface area (Å²) in [6.07, 6.45) is 6.28. The second-order valence-electron chi connectivity index (χ2n) is 13.5. The SMILES string of the molecule is CCCCC1(CCCC)CS(=O)(=O)c2ccc(N(C)C)cc2[C@@H](c2cccc(NC(=O)CCCC[N+](CC)(CC)CC)c2)[C@H]1O. The number of fused-ring (bicyclic) bond motifs is 1. The maximum Gasteiger partial charge on any atom is 0.224 e. The van der Waals surface area contributed by atoms with Crippen LogP contribution in [0.25, 0.3) is 0 Å². The minimum Gasteiger partial charge on any atom is -0.392 e. The Morgan fingerprint density at radius 3 is 2.16 bits per heavy atom. The number of anilines is 2. The third-order valence-corrected chi connectivity index (χ3v) is 12.5. The molecule has 3 rings (SSSR count). The third kappa shape index (κ3) is 8.89. The molecule has 0 spiro atoms. The smallest absolute Gasteiger partial charge is 0.224 e. The van der Waals surface area contributed by atoms with Crippen molar-refractivity contribution >= 4 is 27.1 Å². The van der Waals surface area contributed by atoms with Gasteiger partial charge in [-0.3, -0.25) is 4.79 Å². The number of aliphatic hydroxyl groups excluding tert-OH is 1. The molecule has 0 radical (unpaired) electrons. The van der Waals surface area contributed by atoms with E-state index in [0.717, 1.165) is 80.4 Å². The van der Waals surface area contributed by atoms with Gasteiger partial charge in [-0.05, 0) is 87.9 Å². The Kier molecular flexibility index (Phi) is 13.5. The van der Waals surface area contributed by atoms with Crippen molar-refractivity contribution in [2.24, 2.45) is 5.41 Å². The van der Waals surface area contributed by atoms with Gasteiger partial charge >= 0.3 is 0 Å². The average molecular weight is 643 g/mol. The molecular formula is C37H60N3O4S+. The number of benzene rings is 2. The van der Waals surface area contributed by atoms with Crippen LogP contribution < -0.4 is 10.2 Å². The van der Waals surface area contributed by atoms with Gasteiger partial charge in [-0.2, -0.15) is 0 Å². The van der Waals surface area contributed by atoms with Crippen LogP contribution in [0.1, 0.15) is 109 Å². The minimum atomic E-state index is -3.67. The lowest BCUT2D eigenvalue weighted by Crippen LogP contribution is -2.48. The Balaban J connectivity index is 1.99. The van der Waals surface area contributed by atoms with Gasteiger partial charge in [0.25, 0.3) is 0 Å². The number of unbranched alkanes of at least 4 members (excludes halogenated alkanes) is 3. The lowest BCUT2D eigenvalue weighted by molar-refractivity contribution is -0.923. The van der Waals surface area contributed by atoms with Crippen LogP contribution >= 0.6 is 0 Å². The summed E-state index contributed by atoms with van der Waals surface area (Å²) >= 11 is 0. The normalized spacial score (nSPS) is 19.0. The summed E-state index contributed by atoms with van der Waals surface area (Å²) in [4.78, 5) is 15.3. The first-order valence-corrected chi connectivity index (χ1v) is 19.0. The number of sulfone groups is 1. The van der Waals surface area contributed by atoms with Gasteiger partial charge < -0.3 is 19.8 Å². The number of carbonyl (C=O) groups is 1. The summed E-state index contributed by atoms with van der Waals surface area (Å²) in [5.41, 5.74) is 2.25. The van der Waals surface area contributed by atoms with Crippen LogP contribution in [0.5, 0.6) is 0 Å². The van der Waals surface area contributed by atoms with Crippen molar-refractivity contribution in [3.05, 3.63) is 53.6 Å². The average Bonchev–Trinajstić information content (AvgIpc) is 3.09. The maximum atomic E-state index is 14.1. The molecule has 2 aromatic rings. The monoisotopic (exact) mass is 642 g/mol. The molecule has 0 saturated heterocycles. The molecule has 252 valence electrons. The summed E-state index contributed by atoms with van der Waals surface area (Å²) in [5, 5.41) is 15.5. The van der Waals surface area contributed by atoms with Crippen LogP contribution in [-0.2, 0) is 14.6 Å². The van der Waals surface area contributed by atoms with Gasteiger partial charge in [-0.15, -0.1) is 0 Å². The molecule has 7 nitrogen and oxygen atoms in total. The molecule has 0 saturated carbocycles. The van der Waals surface area contributed by atoms with Crippen molar-refractivity contribution in [1.82, 2.24) is 0 Å². The molecular weight excluding hydrogens is 582 g/mol. The molecule has 1 amide bonds. The van der Waals surface area contributed by atoms with Crippen LogP contribution in [0, 0.1) is 5.41 Å². The van der Waals surface area contributed by atoms with Gasteiger partial charge in [0.2, 0.25) is 5.91 Å². The first kappa shape index (κ1) is 37.0. The standard InChI is InChI=1S/C37H59N3O4S/c1-8-13-23-37(24-14-9-2)28-45(43,44)33-22-21-31(39(6)7)27-32(33)35(36(37)42)29-18-17-19-30(26-29)38-34(41)20-15-16-25-40(10-3,11-4)12-5/h17-19,21-22,26-27,35-36,42H,8-16,20,23-25,28H2,1-7H3/p+1/t35-,36-/m1/s1. The molecule has 2 aromatic carbocycles. The van der Waals surface area contributed by atoms with Gasteiger partial charge in [-0.1, -0.05) is 51.7 Å². The molecule has 2 N–H and O–H groups in total. The van der Waals surface area contributed by atoms with Crippen molar-refractivity contribution in [2.45, 2.75) is 109 Å². The summed E-state index contributed by atoms with van der Waals surface area (Å²) in [6, 6.07) is 13.2. The Morgan fingerprint density at radius 1 is 0.933 bits per heavy atom. The van der Waals surface area contributed by atoms with Crippen LogP contribution in [-0.4, -0.2) is 76.0 Å². The second-order valence-corrected chi connectivity index (χ2v) is 15.5. The minimum absolute atomic E-state index is 0.0192. The summed E-state index contributed by atoms with van der Waals surface area (Å²) in [6.45, 7) is 15.4. The Labute approximate surface area is 273 Å². The predicted octanol–water partition coefficient (Wildman–Crippen LogP) is 7.38. The first-order chi connectivity index (χ1) is 21.4. The lowest BCUT2D eigenvalue weighted by atomic mass is 9.68. The van der Waals surface area contributed by atoms with E-state index in [1.165, 1.54) is 0 Å². The van der Waals surface area contributed by atoms with Crippen LogP contribution in [0.15, 0.2) is 47.4 Å². The molecule has 0 aliphatic carbocycles. The van der Waals surface area contributed by atoms with E-state index in [1.807, 2.05) is 55.4 Å². The van der Waals surface area contributed by atoms with E-state index in [9.17, 15) is 18.3 Å². The van der Waals surface area contributed by atoms with E-state index in [-0.39, 0.29) is 11.7 Å². The van der Waals surface area contributed by atoms with E-state index >= 15 is 0 Å². The highest BCUT2D eigenvalue weighted by Crippen LogP contribution is 2.50. The summed E-state index contributed by atoms with van der Waals surface area (Å²) in [5.74, 6) is -0.628. The van der Waals surface area contributed by atoms with Crippen molar-refractivity contribution < 1.29 is 22.8 Å². The zero-order chi connectivity index (χ0) is 33.3. The second kappa shape index (κ2) is 16.4. The number of amides is 1. The first-order valence-electron chi connectivity index (χ1n) is 17.4. The van der Waals surface area contributed by atoms with Crippen molar-refractivity contribution in [3.8, 4) is 0 Å². The van der Waals surface area contributed by atoms with Gasteiger partial charge in [0, 0.05) is 43.2 Å². The topological polar surface area (TPSA) is 86.7 Å². The van der Waals surface area contributed by atoms with Crippen molar-refractivity contribution in [3.63, 3.8) is 0 Å². The molecule has 1 aliphatic rings. The largest absolute Gasteiger partial charge is 0.392 e. The molecule has 0 fully saturated rings. The predicted molar refractivity (Wildman–Crippen MR) is 188 cm³/mol. The number of carbonyl (C=O) groups excluding carboxylic acids is 1. The highest BCUT2D eigenvalue weighted by molar-refractivity contribution is 7.91. The zero-order valence-electron chi connectivity index (χ0n) is 29.1. The molecule has 0 unspecified atom stereocenters. The highest BCUT2D eigenvalue weighted by Gasteiger charge is 2.49. The van der Waals surface area contributed by atoms with Gasteiger partial charge in [0.15, 0.2) is 9.84 Å². The van der Waals surface area contributed by atoms with Crippen molar-refractivity contribution in [1.29, 1.82) is 0 Å². The molecule has 1 aliphatic heterocycles. The molecule has 0 aromatic heterocycles. The number of nitrogens with zero attached hydrogens (tertiary/aromatic N) is 2. The number of hydrogen-bond donors (Lipinski definition) is 2. The van der Waals surface area contributed by atoms with Crippen LogP contribution in [0.4, 0.5) is 11.4 Å². The Morgan fingerprint density at radius 2 is 1.58 bits per heavy atom. The lowest BCUT2D eigenvalue weighted by Gasteiger charge is -2.40. The van der Waals surface area contributed by atoms with E-state index < -0.39 is 27.3 Å². The number of quaternary nitrogens is 1. The zero-order valence-corrected chi connectivity index (χ0v) is 29.9. The molecule has 8 heteroatoms. The molecule has 0 bridgehead atoms. The fraction of sp³-hybridized carbons (Fsp3) is 0.649. The third-order valence-electron chi connectivity index (χ3n) is 10.5. The fourth-order valence-corrected chi connectivity index (χ4v) is 9.49. The van der Waals surface area contributed by atoms with Gasteiger partial charge in [0.05, 0.1) is 42.9 Å². The van der Waals surface area contributed by atoms with E-state index in [0.29, 0.717) is 35.4 Å².